The minimum atomic E-state index is -0.233. The van der Waals surface area contributed by atoms with E-state index in [2.05, 4.69) is 35.2 Å². The van der Waals surface area contributed by atoms with Crippen molar-refractivity contribution in [1.82, 2.24) is 0 Å². The summed E-state index contributed by atoms with van der Waals surface area (Å²) in [7, 11) is 0. The van der Waals surface area contributed by atoms with Gasteiger partial charge in [0.25, 0.3) is 0 Å². The maximum Gasteiger partial charge on any atom is 0.161 e. The highest BCUT2D eigenvalue weighted by atomic mass is 19.1. The van der Waals surface area contributed by atoms with Gasteiger partial charge in [-0.3, -0.25) is 0 Å². The minimum Gasteiger partial charge on any atom is -0.349 e. The van der Waals surface area contributed by atoms with Crippen LogP contribution < -0.4 is 4.90 Å². The van der Waals surface area contributed by atoms with Gasteiger partial charge < -0.3 is 9.64 Å². The highest BCUT2D eigenvalue weighted by Crippen LogP contribution is 2.46. The van der Waals surface area contributed by atoms with Gasteiger partial charge in [0.1, 0.15) is 5.82 Å². The van der Waals surface area contributed by atoms with E-state index < -0.39 is 0 Å². The van der Waals surface area contributed by atoms with Crippen LogP contribution in [-0.2, 0) is 11.3 Å². The summed E-state index contributed by atoms with van der Waals surface area (Å²) in [4.78, 5) is 2.18. The van der Waals surface area contributed by atoms with Crippen molar-refractivity contribution in [3.05, 3.63) is 101 Å². The third-order valence-corrected chi connectivity index (χ3v) is 4.82. The second kappa shape index (κ2) is 5.57. The molecule has 0 aliphatic carbocycles. The number of anilines is 1. The Hall–Kier alpha value is -2.91. The number of halogens is 1. The third-order valence-electron chi connectivity index (χ3n) is 4.82. The number of nitrogens with zero attached hydrogens (tertiary/aromatic N) is 1. The monoisotopic (exact) mass is 329 g/mol. The number of hydrogen-bond donors (Lipinski definition) is 0. The van der Waals surface area contributed by atoms with Gasteiger partial charge in [-0.25, -0.2) is 4.39 Å². The molecule has 0 N–H and O–H groups in total. The topological polar surface area (TPSA) is 12.5 Å². The average molecular weight is 329 g/mol. The second-order valence-electron chi connectivity index (χ2n) is 6.33. The predicted molar refractivity (Wildman–Crippen MR) is 97.2 cm³/mol. The SMILES string of the molecule is Fc1ccc2c(c1)COC1c3ccccc3C=C(c3ccccc3)N21. The van der Waals surface area contributed by atoms with Crippen LogP contribution in [0.1, 0.15) is 28.5 Å². The van der Waals surface area contributed by atoms with Gasteiger partial charge in [-0.2, -0.15) is 0 Å². The molecule has 0 amide bonds. The zero-order valence-corrected chi connectivity index (χ0v) is 13.5. The highest BCUT2D eigenvalue weighted by molar-refractivity contribution is 5.94. The van der Waals surface area contributed by atoms with Gasteiger partial charge in [-0.05, 0) is 35.4 Å². The molecule has 2 aliphatic heterocycles. The molecule has 0 radical (unpaired) electrons. The van der Waals surface area contributed by atoms with Gasteiger partial charge in [0, 0.05) is 16.8 Å². The Balaban J connectivity index is 1.76. The van der Waals surface area contributed by atoms with E-state index >= 15 is 0 Å². The number of ether oxygens (including phenoxy) is 1. The molecular weight excluding hydrogens is 313 g/mol. The first kappa shape index (κ1) is 14.4. The van der Waals surface area contributed by atoms with Crippen LogP contribution in [0.3, 0.4) is 0 Å². The highest BCUT2D eigenvalue weighted by Gasteiger charge is 2.35. The standard InChI is InChI=1S/C22H16FNO/c23-18-10-11-20-17(12-18)14-25-22-19-9-5-4-8-16(19)13-21(24(20)22)15-6-2-1-3-7-15/h1-13,22H,14H2. The fraction of sp³-hybridized carbons (Fsp3) is 0.0909. The zero-order valence-electron chi connectivity index (χ0n) is 13.5. The van der Waals surface area contributed by atoms with E-state index in [-0.39, 0.29) is 12.0 Å². The number of fused-ring (bicyclic) bond motifs is 5. The molecule has 0 aromatic heterocycles. The second-order valence-corrected chi connectivity index (χ2v) is 6.33. The van der Waals surface area contributed by atoms with Gasteiger partial charge in [-0.15, -0.1) is 0 Å². The van der Waals surface area contributed by atoms with Crippen molar-refractivity contribution in [2.75, 3.05) is 4.90 Å². The largest absolute Gasteiger partial charge is 0.349 e. The van der Waals surface area contributed by atoms with Gasteiger partial charge >= 0.3 is 0 Å². The lowest BCUT2D eigenvalue weighted by Crippen LogP contribution is -2.35. The van der Waals surface area contributed by atoms with E-state index in [9.17, 15) is 4.39 Å². The molecule has 0 bridgehead atoms. The Kier molecular flexibility index (Phi) is 3.22. The molecule has 0 saturated heterocycles. The Labute approximate surface area is 145 Å². The van der Waals surface area contributed by atoms with Crippen molar-refractivity contribution < 1.29 is 9.13 Å². The summed E-state index contributed by atoms with van der Waals surface area (Å²) in [6, 6.07) is 23.5. The van der Waals surface area contributed by atoms with Crippen LogP contribution >= 0.6 is 0 Å². The first-order chi connectivity index (χ1) is 12.3. The van der Waals surface area contributed by atoms with E-state index in [4.69, 9.17) is 4.74 Å². The number of benzene rings is 3. The third kappa shape index (κ3) is 2.28. The Morgan fingerprint density at radius 1 is 0.920 bits per heavy atom. The average Bonchev–Trinajstić information content (AvgIpc) is 2.67. The van der Waals surface area contributed by atoms with Crippen LogP contribution in [0.2, 0.25) is 0 Å². The van der Waals surface area contributed by atoms with E-state index in [0.717, 1.165) is 33.6 Å². The maximum atomic E-state index is 13.7. The maximum absolute atomic E-state index is 13.7. The van der Waals surface area contributed by atoms with Crippen LogP contribution in [-0.4, -0.2) is 0 Å². The lowest BCUT2D eigenvalue weighted by molar-refractivity contribution is 0.0342. The van der Waals surface area contributed by atoms with Crippen LogP contribution in [0.25, 0.3) is 11.8 Å². The molecule has 1 unspecified atom stereocenters. The first-order valence-corrected chi connectivity index (χ1v) is 8.36. The van der Waals surface area contributed by atoms with E-state index in [1.807, 2.05) is 36.4 Å². The Bertz CT molecular complexity index is 980. The molecule has 2 heterocycles. The molecule has 1 atom stereocenters. The molecule has 0 fully saturated rings. The molecule has 0 spiro atoms. The van der Waals surface area contributed by atoms with E-state index in [0.29, 0.717) is 6.61 Å². The smallest absolute Gasteiger partial charge is 0.161 e. The van der Waals surface area contributed by atoms with Gasteiger partial charge in [0.2, 0.25) is 0 Å². The summed E-state index contributed by atoms with van der Waals surface area (Å²) < 4.78 is 19.8. The lowest BCUT2D eigenvalue weighted by atomic mass is 9.94. The molecule has 122 valence electrons. The summed E-state index contributed by atoms with van der Waals surface area (Å²) in [6.07, 6.45) is 1.98. The predicted octanol–water partition coefficient (Wildman–Crippen LogP) is 5.37. The first-order valence-electron chi connectivity index (χ1n) is 8.36. The van der Waals surface area contributed by atoms with E-state index in [1.165, 1.54) is 6.07 Å². The van der Waals surface area contributed by atoms with Crippen LogP contribution in [0, 0.1) is 5.82 Å². The molecule has 25 heavy (non-hydrogen) atoms. The van der Waals surface area contributed by atoms with E-state index in [1.54, 1.807) is 6.07 Å². The molecule has 2 nitrogen and oxygen atoms in total. The van der Waals surface area contributed by atoms with Crippen molar-refractivity contribution in [3.8, 4) is 0 Å². The fourth-order valence-electron chi connectivity index (χ4n) is 3.67. The molecule has 0 saturated carbocycles. The molecule has 3 aromatic carbocycles. The normalized spacial score (nSPS) is 18.0. The summed E-state index contributed by atoms with van der Waals surface area (Å²) in [5, 5.41) is 0. The Morgan fingerprint density at radius 3 is 2.60 bits per heavy atom. The molecular formula is C22H16FNO. The molecule has 2 aliphatic rings. The van der Waals surface area contributed by atoms with Crippen LogP contribution in [0.5, 0.6) is 0 Å². The quantitative estimate of drug-likeness (QED) is 0.595. The van der Waals surface area contributed by atoms with Crippen molar-refractivity contribution in [2.45, 2.75) is 12.8 Å². The molecule has 3 aromatic rings. The summed E-state index contributed by atoms with van der Waals surface area (Å²) in [5.41, 5.74) is 6.35. The van der Waals surface area contributed by atoms with Gasteiger partial charge in [-0.1, -0.05) is 54.6 Å². The van der Waals surface area contributed by atoms with Crippen molar-refractivity contribution in [2.24, 2.45) is 0 Å². The lowest BCUT2D eigenvalue weighted by Gasteiger charge is -2.43. The summed E-state index contributed by atoms with van der Waals surface area (Å²) in [5.74, 6) is -0.233. The zero-order chi connectivity index (χ0) is 16.8. The number of hydrogen-bond acceptors (Lipinski definition) is 2. The fourth-order valence-corrected chi connectivity index (χ4v) is 3.67. The van der Waals surface area contributed by atoms with Gasteiger partial charge in [0.05, 0.1) is 12.3 Å². The van der Waals surface area contributed by atoms with Gasteiger partial charge in [0.15, 0.2) is 6.23 Å². The molecule has 3 heteroatoms. The van der Waals surface area contributed by atoms with Crippen LogP contribution in [0.15, 0.2) is 72.8 Å². The number of rotatable bonds is 1. The molecule has 5 rings (SSSR count). The summed E-state index contributed by atoms with van der Waals surface area (Å²) >= 11 is 0. The van der Waals surface area contributed by atoms with Crippen molar-refractivity contribution in [3.63, 3.8) is 0 Å². The van der Waals surface area contributed by atoms with Crippen molar-refractivity contribution in [1.29, 1.82) is 0 Å². The summed E-state index contributed by atoms with van der Waals surface area (Å²) in [6.45, 7) is 0.407. The minimum absolute atomic E-state index is 0.200. The Morgan fingerprint density at radius 2 is 1.72 bits per heavy atom. The van der Waals surface area contributed by atoms with Crippen molar-refractivity contribution >= 4 is 17.5 Å². The van der Waals surface area contributed by atoms with Crippen LogP contribution in [0.4, 0.5) is 10.1 Å².